The van der Waals surface area contributed by atoms with Gasteiger partial charge in [0.05, 0.1) is 10.5 Å². The van der Waals surface area contributed by atoms with Crippen molar-refractivity contribution in [2.75, 3.05) is 18.5 Å². The van der Waals surface area contributed by atoms with Crippen LogP contribution in [0.5, 0.6) is 0 Å². The molecule has 1 aromatic carbocycles. The third-order valence-corrected chi connectivity index (χ3v) is 2.79. The van der Waals surface area contributed by atoms with E-state index in [0.29, 0.717) is 6.07 Å². The fourth-order valence-electron chi connectivity index (χ4n) is 1.79. The number of carboxylic acids is 1. The van der Waals surface area contributed by atoms with Gasteiger partial charge < -0.3 is 10.0 Å². The molecular formula is C12H13F3N2O4. The van der Waals surface area contributed by atoms with E-state index >= 15 is 0 Å². The topological polar surface area (TPSA) is 83.7 Å². The van der Waals surface area contributed by atoms with E-state index in [4.69, 9.17) is 5.11 Å². The van der Waals surface area contributed by atoms with Gasteiger partial charge in [0, 0.05) is 37.8 Å². The molecule has 0 unspecified atom stereocenters. The number of benzene rings is 1. The summed E-state index contributed by atoms with van der Waals surface area (Å²) in [6.07, 6.45) is -4.73. The number of anilines is 1. The molecule has 0 fully saturated rings. The summed E-state index contributed by atoms with van der Waals surface area (Å²) in [5.41, 5.74) is -1.99. The third kappa shape index (κ3) is 4.62. The van der Waals surface area contributed by atoms with Gasteiger partial charge in [-0.3, -0.25) is 14.9 Å². The Bertz CT molecular complexity index is 546. The van der Waals surface area contributed by atoms with Crippen LogP contribution in [0.3, 0.4) is 0 Å². The number of carbonyl (C=O) groups is 1. The second-order valence-corrected chi connectivity index (χ2v) is 4.38. The van der Waals surface area contributed by atoms with Crippen molar-refractivity contribution >= 4 is 17.3 Å². The van der Waals surface area contributed by atoms with E-state index in [1.807, 2.05) is 0 Å². The monoisotopic (exact) mass is 306 g/mol. The van der Waals surface area contributed by atoms with E-state index < -0.39 is 28.3 Å². The molecule has 0 amide bonds. The maximum Gasteiger partial charge on any atom is 0.418 e. The number of carboxylic acid groups (broad SMARTS) is 1. The molecule has 9 heteroatoms. The average Bonchev–Trinajstić information content (AvgIpc) is 2.36. The van der Waals surface area contributed by atoms with E-state index in [1.54, 1.807) is 0 Å². The van der Waals surface area contributed by atoms with E-state index in [2.05, 4.69) is 0 Å². The first-order chi connectivity index (χ1) is 9.62. The zero-order valence-electron chi connectivity index (χ0n) is 11.1. The number of nitrogens with zero attached hydrogens (tertiary/aromatic N) is 2. The van der Waals surface area contributed by atoms with Crippen LogP contribution in [0.1, 0.15) is 18.4 Å². The lowest BCUT2D eigenvalue weighted by Gasteiger charge is -2.23. The van der Waals surface area contributed by atoms with Crippen LogP contribution in [0, 0.1) is 10.1 Å². The van der Waals surface area contributed by atoms with Gasteiger partial charge >= 0.3 is 12.1 Å². The van der Waals surface area contributed by atoms with Gasteiger partial charge in [-0.05, 0) is 12.5 Å². The van der Waals surface area contributed by atoms with Crippen LogP contribution in [-0.4, -0.2) is 29.6 Å². The van der Waals surface area contributed by atoms with Crippen LogP contribution in [0.4, 0.5) is 24.5 Å². The Kier molecular flexibility index (Phi) is 5.12. The van der Waals surface area contributed by atoms with Crippen molar-refractivity contribution < 1.29 is 28.0 Å². The lowest BCUT2D eigenvalue weighted by Crippen LogP contribution is -2.23. The highest BCUT2D eigenvalue weighted by atomic mass is 19.4. The number of nitro groups is 1. The van der Waals surface area contributed by atoms with Crippen LogP contribution in [0.25, 0.3) is 0 Å². The highest BCUT2D eigenvalue weighted by Crippen LogP contribution is 2.38. The van der Waals surface area contributed by atoms with Gasteiger partial charge in [-0.25, -0.2) is 0 Å². The number of hydrogen-bond donors (Lipinski definition) is 1. The Morgan fingerprint density at radius 3 is 2.52 bits per heavy atom. The summed E-state index contributed by atoms with van der Waals surface area (Å²) in [6, 6.07) is 2.48. The number of nitro benzene ring substituents is 1. The number of alkyl halides is 3. The zero-order chi connectivity index (χ0) is 16.2. The summed E-state index contributed by atoms with van der Waals surface area (Å²) < 4.78 is 38.9. The molecule has 0 aromatic heterocycles. The molecule has 1 rings (SSSR count). The Morgan fingerprint density at radius 1 is 1.43 bits per heavy atom. The van der Waals surface area contributed by atoms with Gasteiger partial charge in [0.1, 0.15) is 0 Å². The summed E-state index contributed by atoms with van der Waals surface area (Å²) in [5.74, 6) is -1.04. The van der Waals surface area contributed by atoms with E-state index in [0.717, 1.165) is 12.1 Å². The Hall–Kier alpha value is -2.32. The molecule has 0 aliphatic heterocycles. The lowest BCUT2D eigenvalue weighted by atomic mass is 10.1. The molecule has 0 saturated carbocycles. The fourth-order valence-corrected chi connectivity index (χ4v) is 1.79. The number of rotatable bonds is 6. The first-order valence-corrected chi connectivity index (χ1v) is 5.91. The van der Waals surface area contributed by atoms with Gasteiger partial charge in [-0.2, -0.15) is 13.2 Å². The third-order valence-electron chi connectivity index (χ3n) is 2.79. The summed E-state index contributed by atoms with van der Waals surface area (Å²) in [4.78, 5) is 21.3. The van der Waals surface area contributed by atoms with Crippen LogP contribution in [0.15, 0.2) is 18.2 Å². The summed E-state index contributed by atoms with van der Waals surface area (Å²) in [6.45, 7) is 0.0905. The molecule has 21 heavy (non-hydrogen) atoms. The minimum Gasteiger partial charge on any atom is -0.481 e. The fraction of sp³-hybridized carbons (Fsp3) is 0.417. The van der Waals surface area contributed by atoms with Crippen molar-refractivity contribution in [3.8, 4) is 0 Å². The van der Waals surface area contributed by atoms with E-state index in [9.17, 15) is 28.1 Å². The molecule has 6 nitrogen and oxygen atoms in total. The normalized spacial score (nSPS) is 11.2. The second-order valence-electron chi connectivity index (χ2n) is 4.38. The van der Waals surface area contributed by atoms with Gasteiger partial charge in [-0.1, -0.05) is 0 Å². The van der Waals surface area contributed by atoms with Crippen LogP contribution in [-0.2, 0) is 11.0 Å². The number of non-ortho nitro benzene ring substituents is 1. The van der Waals surface area contributed by atoms with Crippen molar-refractivity contribution in [1.82, 2.24) is 0 Å². The minimum absolute atomic E-state index is 0.0905. The van der Waals surface area contributed by atoms with Crippen molar-refractivity contribution in [2.24, 2.45) is 0 Å². The molecule has 0 saturated heterocycles. The first kappa shape index (κ1) is 16.7. The van der Waals surface area contributed by atoms with Crippen molar-refractivity contribution in [2.45, 2.75) is 19.0 Å². The molecular weight excluding hydrogens is 293 g/mol. The minimum atomic E-state index is -4.73. The molecule has 0 atom stereocenters. The SMILES string of the molecule is CN(CCCC(=O)O)c1ccc([N+](=O)[O-])cc1C(F)(F)F. The standard InChI is InChI=1S/C12H13F3N2O4/c1-16(6-2-3-11(18)19)10-5-4-8(17(20)21)7-9(10)12(13,14)15/h4-5,7H,2-3,6H2,1H3,(H,18,19). The van der Waals surface area contributed by atoms with Gasteiger partial charge in [-0.15, -0.1) is 0 Å². The number of aliphatic carboxylic acids is 1. The Morgan fingerprint density at radius 2 is 2.05 bits per heavy atom. The molecule has 0 heterocycles. The largest absolute Gasteiger partial charge is 0.481 e. The molecule has 0 spiro atoms. The summed E-state index contributed by atoms with van der Waals surface area (Å²) in [5, 5.41) is 19.1. The van der Waals surface area contributed by atoms with Crippen molar-refractivity contribution in [3.63, 3.8) is 0 Å². The smallest absolute Gasteiger partial charge is 0.418 e. The molecule has 0 aliphatic carbocycles. The molecule has 0 bridgehead atoms. The maximum absolute atomic E-state index is 13.0. The predicted octanol–water partition coefficient (Wildman–Crippen LogP) is 2.91. The lowest BCUT2D eigenvalue weighted by molar-refractivity contribution is -0.385. The van der Waals surface area contributed by atoms with E-state index in [1.165, 1.54) is 11.9 Å². The number of halogens is 3. The van der Waals surface area contributed by atoms with Gasteiger partial charge in [0.15, 0.2) is 0 Å². The van der Waals surface area contributed by atoms with Crippen LogP contribution in [0.2, 0.25) is 0 Å². The Balaban J connectivity index is 3.05. The molecule has 0 aliphatic rings. The molecule has 0 radical (unpaired) electrons. The summed E-state index contributed by atoms with van der Waals surface area (Å²) in [7, 11) is 1.37. The predicted molar refractivity (Wildman–Crippen MR) is 68.2 cm³/mol. The van der Waals surface area contributed by atoms with Crippen molar-refractivity contribution in [3.05, 3.63) is 33.9 Å². The zero-order valence-corrected chi connectivity index (χ0v) is 11.1. The number of hydrogen-bond acceptors (Lipinski definition) is 4. The Labute approximate surface area is 117 Å². The average molecular weight is 306 g/mol. The van der Waals surface area contributed by atoms with Crippen LogP contribution < -0.4 is 4.90 Å². The maximum atomic E-state index is 13.0. The molecule has 1 N–H and O–H groups in total. The second kappa shape index (κ2) is 6.42. The first-order valence-electron chi connectivity index (χ1n) is 5.91. The van der Waals surface area contributed by atoms with E-state index in [-0.39, 0.29) is 25.1 Å². The quantitative estimate of drug-likeness (QED) is 0.645. The van der Waals surface area contributed by atoms with Crippen LogP contribution >= 0.6 is 0 Å². The molecule has 116 valence electrons. The highest BCUT2D eigenvalue weighted by Gasteiger charge is 2.36. The highest BCUT2D eigenvalue weighted by molar-refractivity contribution is 5.66. The summed E-state index contributed by atoms with van der Waals surface area (Å²) >= 11 is 0. The van der Waals surface area contributed by atoms with Gasteiger partial charge in [0.25, 0.3) is 5.69 Å². The van der Waals surface area contributed by atoms with Crippen molar-refractivity contribution in [1.29, 1.82) is 0 Å². The van der Waals surface area contributed by atoms with Gasteiger partial charge in [0.2, 0.25) is 0 Å². The molecule has 1 aromatic rings.